The lowest BCUT2D eigenvalue weighted by atomic mass is 10.0. The maximum Gasteiger partial charge on any atom is 0.318 e. The molecule has 122 valence electrons. The Morgan fingerprint density at radius 1 is 1.41 bits per heavy atom. The third-order valence-electron chi connectivity index (χ3n) is 4.66. The minimum absolute atomic E-state index is 0.000605. The van der Waals surface area contributed by atoms with Crippen molar-refractivity contribution in [3.63, 3.8) is 0 Å². The molecule has 0 saturated carbocycles. The molecule has 0 aromatic carbocycles. The molecule has 0 unspecified atom stereocenters. The number of urea groups is 1. The molecular weight excluding hydrogens is 282 g/mol. The van der Waals surface area contributed by atoms with Crippen LogP contribution in [0.4, 0.5) is 4.79 Å². The van der Waals surface area contributed by atoms with Crippen molar-refractivity contribution in [2.75, 3.05) is 19.7 Å². The second-order valence-electron chi connectivity index (χ2n) is 6.13. The molecule has 2 fully saturated rings. The zero-order valence-electron chi connectivity index (χ0n) is 13.4. The Kier molecular flexibility index (Phi) is 4.66. The van der Waals surface area contributed by atoms with Crippen LogP contribution >= 0.6 is 0 Å². The number of nitrogens with zero attached hydrogens (tertiary/aromatic N) is 2. The number of carbonyl (C=O) groups excluding carboxylic acids is 1. The number of aryl methyl sites for hydroxylation is 2. The maximum absolute atomic E-state index is 12.5. The second kappa shape index (κ2) is 6.69. The van der Waals surface area contributed by atoms with Crippen LogP contribution in [0, 0.1) is 6.92 Å². The first-order valence-electron chi connectivity index (χ1n) is 8.31. The van der Waals surface area contributed by atoms with E-state index in [0.717, 1.165) is 62.3 Å². The summed E-state index contributed by atoms with van der Waals surface area (Å²) in [5.74, 6) is 0.904. The Labute approximate surface area is 131 Å². The summed E-state index contributed by atoms with van der Waals surface area (Å²) < 4.78 is 11.0. The van der Waals surface area contributed by atoms with E-state index in [1.807, 2.05) is 11.8 Å². The third-order valence-corrected chi connectivity index (χ3v) is 4.66. The first-order chi connectivity index (χ1) is 10.7. The molecule has 2 aliphatic rings. The van der Waals surface area contributed by atoms with E-state index in [9.17, 15) is 4.79 Å². The summed E-state index contributed by atoms with van der Waals surface area (Å²) in [5.41, 5.74) is 2.01. The summed E-state index contributed by atoms with van der Waals surface area (Å²) in [6.07, 6.45) is 5.10. The van der Waals surface area contributed by atoms with Crippen LogP contribution < -0.4 is 5.32 Å². The van der Waals surface area contributed by atoms with Crippen molar-refractivity contribution in [2.24, 2.45) is 0 Å². The van der Waals surface area contributed by atoms with E-state index in [2.05, 4.69) is 17.4 Å². The van der Waals surface area contributed by atoms with Crippen LogP contribution in [0.25, 0.3) is 0 Å². The number of rotatable bonds is 4. The van der Waals surface area contributed by atoms with Gasteiger partial charge in [-0.3, -0.25) is 0 Å². The Hall–Kier alpha value is -1.56. The van der Waals surface area contributed by atoms with Gasteiger partial charge in [0.15, 0.2) is 0 Å². The van der Waals surface area contributed by atoms with E-state index in [1.54, 1.807) is 0 Å². The largest absolute Gasteiger partial charge is 0.376 e. The summed E-state index contributed by atoms with van der Waals surface area (Å²) in [6.45, 7) is 6.22. The van der Waals surface area contributed by atoms with Crippen molar-refractivity contribution >= 4 is 6.03 Å². The van der Waals surface area contributed by atoms with Crippen LogP contribution in [-0.2, 0) is 11.2 Å². The van der Waals surface area contributed by atoms with Crippen LogP contribution in [0.1, 0.15) is 55.7 Å². The molecule has 0 spiro atoms. The van der Waals surface area contributed by atoms with E-state index in [0.29, 0.717) is 6.54 Å². The summed E-state index contributed by atoms with van der Waals surface area (Å²) in [6, 6.07) is 0.0892. The lowest BCUT2D eigenvalue weighted by molar-refractivity contribution is 0.108. The molecule has 6 heteroatoms. The van der Waals surface area contributed by atoms with Crippen molar-refractivity contribution < 1.29 is 14.1 Å². The van der Waals surface area contributed by atoms with Gasteiger partial charge in [0.1, 0.15) is 5.76 Å². The number of likely N-dealkylation sites (tertiary alicyclic amines) is 1. The molecule has 0 radical (unpaired) electrons. The SMILES string of the molecule is CCc1onc(C)c1[C@H]1CCCN1C(=O)NC[C@H]1CCCO1. The van der Waals surface area contributed by atoms with Gasteiger partial charge in [-0.15, -0.1) is 0 Å². The van der Waals surface area contributed by atoms with E-state index >= 15 is 0 Å². The van der Waals surface area contributed by atoms with Gasteiger partial charge in [-0.25, -0.2) is 4.79 Å². The first-order valence-corrected chi connectivity index (χ1v) is 8.31. The zero-order valence-corrected chi connectivity index (χ0v) is 13.4. The Morgan fingerprint density at radius 3 is 3.00 bits per heavy atom. The highest BCUT2D eigenvalue weighted by Gasteiger charge is 2.34. The normalized spacial score (nSPS) is 24.9. The molecule has 2 aliphatic heterocycles. The molecule has 3 heterocycles. The smallest absolute Gasteiger partial charge is 0.318 e. The molecule has 1 N–H and O–H groups in total. The summed E-state index contributed by atoms with van der Waals surface area (Å²) in [4.78, 5) is 14.5. The average Bonchev–Trinajstić information content (AvgIpc) is 3.24. The minimum atomic E-state index is 0.000605. The number of amides is 2. The summed E-state index contributed by atoms with van der Waals surface area (Å²) in [7, 11) is 0. The number of hydrogen-bond donors (Lipinski definition) is 1. The van der Waals surface area contributed by atoms with E-state index in [-0.39, 0.29) is 18.2 Å². The van der Waals surface area contributed by atoms with Gasteiger partial charge in [0.05, 0.1) is 17.8 Å². The van der Waals surface area contributed by atoms with Gasteiger partial charge in [0, 0.05) is 31.7 Å². The van der Waals surface area contributed by atoms with Crippen molar-refractivity contribution in [3.8, 4) is 0 Å². The van der Waals surface area contributed by atoms with Crippen LogP contribution in [-0.4, -0.2) is 41.9 Å². The van der Waals surface area contributed by atoms with Gasteiger partial charge in [0.2, 0.25) is 0 Å². The van der Waals surface area contributed by atoms with Crippen molar-refractivity contribution in [1.29, 1.82) is 0 Å². The number of aromatic nitrogens is 1. The van der Waals surface area contributed by atoms with Crippen LogP contribution in [0.15, 0.2) is 4.52 Å². The van der Waals surface area contributed by atoms with Gasteiger partial charge in [-0.05, 0) is 32.6 Å². The fourth-order valence-electron chi connectivity index (χ4n) is 3.52. The summed E-state index contributed by atoms with van der Waals surface area (Å²) >= 11 is 0. The van der Waals surface area contributed by atoms with Crippen molar-refractivity contribution in [2.45, 2.75) is 58.1 Å². The highest BCUT2D eigenvalue weighted by atomic mass is 16.5. The first kappa shape index (κ1) is 15.3. The Bertz CT molecular complexity index is 523. The van der Waals surface area contributed by atoms with Gasteiger partial charge >= 0.3 is 6.03 Å². The van der Waals surface area contributed by atoms with E-state index in [1.165, 1.54) is 0 Å². The van der Waals surface area contributed by atoms with Crippen LogP contribution in [0.3, 0.4) is 0 Å². The molecule has 1 aromatic rings. The van der Waals surface area contributed by atoms with Crippen molar-refractivity contribution in [3.05, 3.63) is 17.0 Å². The lowest BCUT2D eigenvalue weighted by Crippen LogP contribution is -2.42. The van der Waals surface area contributed by atoms with Crippen molar-refractivity contribution in [1.82, 2.24) is 15.4 Å². The number of nitrogens with one attached hydrogen (secondary N) is 1. The predicted octanol–water partition coefficient (Wildman–Crippen LogP) is 2.57. The van der Waals surface area contributed by atoms with Gasteiger partial charge in [-0.2, -0.15) is 0 Å². The van der Waals surface area contributed by atoms with Gasteiger partial charge in [-0.1, -0.05) is 12.1 Å². The molecule has 0 aliphatic carbocycles. The molecule has 6 nitrogen and oxygen atoms in total. The summed E-state index contributed by atoms with van der Waals surface area (Å²) in [5, 5.41) is 7.11. The second-order valence-corrected chi connectivity index (χ2v) is 6.13. The quantitative estimate of drug-likeness (QED) is 0.928. The zero-order chi connectivity index (χ0) is 15.5. The molecule has 22 heavy (non-hydrogen) atoms. The fraction of sp³-hybridized carbons (Fsp3) is 0.750. The topological polar surface area (TPSA) is 67.6 Å². The van der Waals surface area contributed by atoms with E-state index < -0.39 is 0 Å². The molecule has 3 rings (SSSR count). The monoisotopic (exact) mass is 307 g/mol. The maximum atomic E-state index is 12.5. The number of carbonyl (C=O) groups is 1. The lowest BCUT2D eigenvalue weighted by Gasteiger charge is -2.26. The average molecular weight is 307 g/mol. The van der Waals surface area contributed by atoms with Gasteiger partial charge in [0.25, 0.3) is 0 Å². The highest BCUT2D eigenvalue weighted by molar-refractivity contribution is 5.75. The molecule has 1 aromatic heterocycles. The molecule has 2 saturated heterocycles. The standard InChI is InChI=1S/C16H25N3O3/c1-3-14-15(11(2)18-22-14)13-7-4-8-19(13)16(20)17-10-12-6-5-9-21-12/h12-13H,3-10H2,1-2H3,(H,17,20)/t12-,13-/m1/s1. The van der Waals surface area contributed by atoms with Crippen LogP contribution in [0.5, 0.6) is 0 Å². The number of hydrogen-bond acceptors (Lipinski definition) is 4. The Morgan fingerprint density at radius 2 is 2.27 bits per heavy atom. The van der Waals surface area contributed by atoms with Gasteiger partial charge < -0.3 is 19.5 Å². The molecular formula is C16H25N3O3. The molecule has 2 amide bonds. The van der Waals surface area contributed by atoms with E-state index in [4.69, 9.17) is 9.26 Å². The van der Waals surface area contributed by atoms with Crippen LogP contribution in [0.2, 0.25) is 0 Å². The number of ether oxygens (including phenoxy) is 1. The minimum Gasteiger partial charge on any atom is -0.376 e. The predicted molar refractivity (Wildman–Crippen MR) is 81.7 cm³/mol. The highest BCUT2D eigenvalue weighted by Crippen LogP contribution is 2.35. The molecule has 2 atom stereocenters. The molecule has 0 bridgehead atoms. The third kappa shape index (κ3) is 2.97. The fourth-order valence-corrected chi connectivity index (χ4v) is 3.52. The Balaban J connectivity index is 1.66.